The number of rotatable bonds is 5. The summed E-state index contributed by atoms with van der Waals surface area (Å²) in [6.45, 7) is 0. The lowest BCUT2D eigenvalue weighted by atomic mass is 9.98. The van der Waals surface area contributed by atoms with Gasteiger partial charge in [0.1, 0.15) is 0 Å². The maximum atomic E-state index is 2.51. The molecule has 13 aromatic rings. The van der Waals surface area contributed by atoms with Crippen LogP contribution in [0.2, 0.25) is 0 Å². The zero-order chi connectivity index (χ0) is 38.6. The molecule has 0 bridgehead atoms. The van der Waals surface area contributed by atoms with Gasteiger partial charge in [0.2, 0.25) is 0 Å². The van der Waals surface area contributed by atoms with Gasteiger partial charge in [-0.3, -0.25) is 0 Å². The van der Waals surface area contributed by atoms with Crippen molar-refractivity contribution in [1.29, 1.82) is 0 Å². The molecule has 0 amide bonds. The van der Waals surface area contributed by atoms with E-state index in [1.54, 1.807) is 0 Å². The van der Waals surface area contributed by atoms with Crippen LogP contribution in [0.1, 0.15) is 0 Å². The van der Waals surface area contributed by atoms with Gasteiger partial charge in [-0.15, -0.1) is 0 Å². The fourth-order valence-electron chi connectivity index (χ4n) is 10.1. The Hall–Kier alpha value is -7.88. The van der Waals surface area contributed by atoms with Gasteiger partial charge in [-0.05, 0) is 89.0 Å². The van der Waals surface area contributed by atoms with Crippen LogP contribution in [0.3, 0.4) is 0 Å². The first kappa shape index (κ1) is 32.2. The quantitative estimate of drug-likeness (QED) is 0.156. The van der Waals surface area contributed by atoms with Gasteiger partial charge in [-0.1, -0.05) is 146 Å². The van der Waals surface area contributed by atoms with Gasteiger partial charge >= 0.3 is 0 Å². The molecule has 10 aromatic carbocycles. The Labute approximate surface area is 340 Å². The Morgan fingerprint density at radius 2 is 0.576 bits per heavy atom. The largest absolute Gasteiger partial charge is 0.309 e. The van der Waals surface area contributed by atoms with Crippen molar-refractivity contribution in [3.8, 4) is 39.3 Å². The average molecular weight is 750 g/mol. The Morgan fingerprint density at radius 3 is 0.966 bits per heavy atom. The number of hydrogen-bond acceptors (Lipinski definition) is 0. The monoisotopic (exact) mass is 749 g/mol. The van der Waals surface area contributed by atoms with E-state index in [0.29, 0.717) is 0 Å². The summed E-state index contributed by atoms with van der Waals surface area (Å²) >= 11 is 0. The fraction of sp³-hybridized carbons (Fsp3) is 0. The molecular formula is C56H35N3. The molecule has 0 atom stereocenters. The molecule has 0 aliphatic heterocycles. The SMILES string of the molecule is c1ccc(-c2cc(-c3ccccc3)cc(-n3c4ccc(-n5c6ccccc6c6ccccc65)c5ccc6c(-n7c8ccccc8c8ccccc87)ccc3c6c54)c2)cc1. The topological polar surface area (TPSA) is 14.8 Å². The highest BCUT2D eigenvalue weighted by Gasteiger charge is 2.24. The summed E-state index contributed by atoms with van der Waals surface area (Å²) in [4.78, 5) is 0. The summed E-state index contributed by atoms with van der Waals surface area (Å²) in [6, 6.07) is 78.0. The van der Waals surface area contributed by atoms with Crippen LogP contribution in [0.4, 0.5) is 0 Å². The lowest BCUT2D eigenvalue weighted by Gasteiger charge is -2.15. The third kappa shape index (κ3) is 4.58. The van der Waals surface area contributed by atoms with Crippen molar-refractivity contribution in [2.24, 2.45) is 0 Å². The second-order valence-corrected chi connectivity index (χ2v) is 15.7. The summed E-state index contributed by atoms with van der Waals surface area (Å²) in [5, 5.41) is 10.0. The van der Waals surface area contributed by atoms with E-state index in [1.807, 2.05) is 0 Å². The minimum atomic E-state index is 1.14. The smallest absolute Gasteiger partial charge is 0.0548 e. The molecule has 59 heavy (non-hydrogen) atoms. The number of para-hydroxylation sites is 4. The fourth-order valence-corrected chi connectivity index (χ4v) is 10.1. The lowest BCUT2D eigenvalue weighted by Crippen LogP contribution is -1.98. The van der Waals surface area contributed by atoms with Crippen molar-refractivity contribution < 1.29 is 0 Å². The highest BCUT2D eigenvalue weighted by Crippen LogP contribution is 2.46. The molecule has 0 aliphatic rings. The number of hydrogen-bond donors (Lipinski definition) is 0. The first-order valence-corrected chi connectivity index (χ1v) is 20.4. The van der Waals surface area contributed by atoms with E-state index >= 15 is 0 Å². The van der Waals surface area contributed by atoms with Crippen molar-refractivity contribution >= 4 is 76.2 Å². The van der Waals surface area contributed by atoms with E-state index in [-0.39, 0.29) is 0 Å². The average Bonchev–Trinajstić information content (AvgIpc) is 3.95. The van der Waals surface area contributed by atoms with Crippen LogP contribution in [0.15, 0.2) is 212 Å². The van der Waals surface area contributed by atoms with E-state index in [4.69, 9.17) is 0 Å². The molecule has 13 rings (SSSR count). The maximum absolute atomic E-state index is 2.51. The van der Waals surface area contributed by atoms with Gasteiger partial charge in [0.25, 0.3) is 0 Å². The minimum Gasteiger partial charge on any atom is -0.309 e. The maximum Gasteiger partial charge on any atom is 0.0548 e. The van der Waals surface area contributed by atoms with Gasteiger partial charge in [-0.25, -0.2) is 0 Å². The van der Waals surface area contributed by atoms with E-state index in [9.17, 15) is 0 Å². The van der Waals surface area contributed by atoms with E-state index in [0.717, 1.165) is 5.69 Å². The molecule has 3 nitrogen and oxygen atoms in total. The number of aromatic nitrogens is 3. The molecule has 0 N–H and O–H groups in total. The van der Waals surface area contributed by atoms with E-state index in [2.05, 4.69) is 226 Å². The van der Waals surface area contributed by atoms with Gasteiger partial charge in [0.15, 0.2) is 0 Å². The number of nitrogens with zero attached hydrogens (tertiary/aromatic N) is 3. The lowest BCUT2D eigenvalue weighted by molar-refractivity contribution is 1.17. The molecule has 3 aromatic heterocycles. The first-order valence-electron chi connectivity index (χ1n) is 20.4. The molecule has 0 saturated heterocycles. The normalized spacial score (nSPS) is 12.1. The van der Waals surface area contributed by atoms with Gasteiger partial charge in [-0.2, -0.15) is 0 Å². The molecule has 3 heteroatoms. The van der Waals surface area contributed by atoms with Gasteiger partial charge in [0, 0.05) is 48.8 Å². The Kier molecular flexibility index (Phi) is 6.72. The van der Waals surface area contributed by atoms with Gasteiger partial charge in [0.05, 0.1) is 44.5 Å². The molecule has 0 spiro atoms. The summed E-state index contributed by atoms with van der Waals surface area (Å²) in [6.07, 6.45) is 0. The number of fused-ring (bicyclic) bond motifs is 6. The van der Waals surface area contributed by atoms with Gasteiger partial charge < -0.3 is 13.7 Å². The second-order valence-electron chi connectivity index (χ2n) is 15.7. The molecule has 274 valence electrons. The van der Waals surface area contributed by atoms with Crippen LogP contribution in [0.25, 0.3) is 116 Å². The molecule has 3 heterocycles. The molecule has 0 unspecified atom stereocenters. The third-order valence-corrected chi connectivity index (χ3v) is 12.6. The molecule has 0 aliphatic carbocycles. The highest BCUT2D eigenvalue weighted by molar-refractivity contribution is 6.28. The molecule has 0 fully saturated rings. The first-order chi connectivity index (χ1) is 29.3. The van der Waals surface area contributed by atoms with Crippen LogP contribution in [0.5, 0.6) is 0 Å². The van der Waals surface area contributed by atoms with Crippen LogP contribution >= 0.6 is 0 Å². The standard InChI is InChI=1S/C56H35N3/c1-3-15-36(16-4-1)38-33-39(37-17-5-2-6-18-37)35-40(34-38)57-53-31-29-51(58-47-23-11-7-19-41(47)42-20-8-12-24-48(42)58)45-27-28-46-52(30-32-54(57)56(46)55(45)53)59-49-25-13-9-21-43(49)44-22-10-14-26-50(44)59/h1-35H. The van der Waals surface area contributed by atoms with Crippen LogP contribution in [-0.2, 0) is 0 Å². The summed E-state index contributed by atoms with van der Waals surface area (Å²) in [7, 11) is 0. The van der Waals surface area contributed by atoms with E-state index in [1.165, 1.54) is 110 Å². The van der Waals surface area contributed by atoms with Crippen molar-refractivity contribution in [3.05, 3.63) is 212 Å². The highest BCUT2D eigenvalue weighted by atomic mass is 15.0. The van der Waals surface area contributed by atoms with Crippen molar-refractivity contribution in [3.63, 3.8) is 0 Å². The van der Waals surface area contributed by atoms with Crippen molar-refractivity contribution in [1.82, 2.24) is 13.7 Å². The van der Waals surface area contributed by atoms with E-state index < -0.39 is 0 Å². The Balaban J connectivity index is 1.18. The van der Waals surface area contributed by atoms with Crippen LogP contribution in [0, 0.1) is 0 Å². The molecule has 0 radical (unpaired) electrons. The predicted octanol–water partition coefficient (Wildman–Crippen LogP) is 14.9. The minimum absolute atomic E-state index is 1.14. The number of benzene rings is 10. The Bertz CT molecular complexity index is 3420. The van der Waals surface area contributed by atoms with Crippen molar-refractivity contribution in [2.75, 3.05) is 0 Å². The zero-order valence-electron chi connectivity index (χ0n) is 32.0. The molecular weight excluding hydrogens is 715 g/mol. The van der Waals surface area contributed by atoms with Crippen molar-refractivity contribution in [2.45, 2.75) is 0 Å². The molecule has 0 saturated carbocycles. The predicted molar refractivity (Wildman–Crippen MR) is 249 cm³/mol. The van der Waals surface area contributed by atoms with Crippen LogP contribution < -0.4 is 0 Å². The second kappa shape index (κ2) is 12.3. The third-order valence-electron chi connectivity index (χ3n) is 12.6. The zero-order valence-corrected chi connectivity index (χ0v) is 32.0. The Morgan fingerprint density at radius 1 is 0.220 bits per heavy atom. The summed E-state index contributed by atoms with van der Waals surface area (Å²) in [5.41, 5.74) is 15.5. The summed E-state index contributed by atoms with van der Waals surface area (Å²) in [5.74, 6) is 0. The summed E-state index contributed by atoms with van der Waals surface area (Å²) < 4.78 is 7.45. The van der Waals surface area contributed by atoms with Crippen LogP contribution in [-0.4, -0.2) is 13.7 Å².